The van der Waals surface area contributed by atoms with Crippen LogP contribution in [-0.2, 0) is 4.79 Å². The lowest BCUT2D eigenvalue weighted by atomic mass is 9.95. The molecule has 3 aromatic rings. The van der Waals surface area contributed by atoms with E-state index in [1.54, 1.807) is 6.20 Å². The monoisotopic (exact) mass is 381 g/mol. The molecule has 1 aliphatic heterocycles. The standard InChI is InChI=1S/C20H27N7O/c1-14(2)27-17(7-10-21-27)22-20(28)15(3)25-12-8-16(9-13-25)19-24-23-18-6-4-5-11-26(18)19/h4-7,10-11,14-16H,8-9,12-13H2,1-3H3,(H,22,28). The molecule has 0 aromatic carbocycles. The Labute approximate surface area is 164 Å². The van der Waals surface area contributed by atoms with E-state index < -0.39 is 0 Å². The lowest BCUT2D eigenvalue weighted by molar-refractivity contribution is -0.121. The second-order valence-corrected chi connectivity index (χ2v) is 7.72. The molecule has 8 heteroatoms. The molecule has 3 aromatic heterocycles. The van der Waals surface area contributed by atoms with Gasteiger partial charge in [-0.1, -0.05) is 6.07 Å². The number of carbonyl (C=O) groups is 1. The predicted molar refractivity (Wildman–Crippen MR) is 107 cm³/mol. The first-order chi connectivity index (χ1) is 13.5. The summed E-state index contributed by atoms with van der Waals surface area (Å²) in [5, 5.41) is 16.0. The number of fused-ring (bicyclic) bond motifs is 1. The molecule has 1 aliphatic rings. The largest absolute Gasteiger partial charge is 0.310 e. The molecule has 1 atom stereocenters. The summed E-state index contributed by atoms with van der Waals surface area (Å²) >= 11 is 0. The van der Waals surface area contributed by atoms with Crippen molar-refractivity contribution in [3.05, 3.63) is 42.5 Å². The van der Waals surface area contributed by atoms with E-state index in [1.807, 2.05) is 55.9 Å². The molecular formula is C20H27N7O. The van der Waals surface area contributed by atoms with E-state index in [2.05, 4.69) is 29.9 Å². The summed E-state index contributed by atoms with van der Waals surface area (Å²) in [5.74, 6) is 2.14. The van der Waals surface area contributed by atoms with Gasteiger partial charge in [0.1, 0.15) is 11.6 Å². The van der Waals surface area contributed by atoms with E-state index >= 15 is 0 Å². The van der Waals surface area contributed by atoms with Crippen LogP contribution in [0, 0.1) is 0 Å². The first kappa shape index (κ1) is 18.6. The van der Waals surface area contributed by atoms with Gasteiger partial charge in [-0.2, -0.15) is 5.10 Å². The molecule has 1 fully saturated rings. The highest BCUT2D eigenvalue weighted by atomic mass is 16.2. The Balaban J connectivity index is 1.38. The summed E-state index contributed by atoms with van der Waals surface area (Å²) in [7, 11) is 0. The lowest BCUT2D eigenvalue weighted by Gasteiger charge is -2.34. The van der Waals surface area contributed by atoms with Crippen molar-refractivity contribution in [2.75, 3.05) is 18.4 Å². The molecule has 0 aliphatic carbocycles. The number of amides is 1. The number of hydrogen-bond acceptors (Lipinski definition) is 5. The summed E-state index contributed by atoms with van der Waals surface area (Å²) in [6.07, 6.45) is 5.67. The first-order valence-electron chi connectivity index (χ1n) is 9.92. The lowest BCUT2D eigenvalue weighted by Crippen LogP contribution is -2.46. The van der Waals surface area contributed by atoms with E-state index in [0.717, 1.165) is 43.2 Å². The highest BCUT2D eigenvalue weighted by Crippen LogP contribution is 2.28. The molecule has 0 radical (unpaired) electrons. The van der Waals surface area contributed by atoms with Crippen molar-refractivity contribution in [3.8, 4) is 0 Å². The Hall–Kier alpha value is -2.74. The van der Waals surface area contributed by atoms with Crippen LogP contribution >= 0.6 is 0 Å². The van der Waals surface area contributed by atoms with Crippen LogP contribution in [-0.4, -0.2) is 54.3 Å². The van der Waals surface area contributed by atoms with Crippen LogP contribution in [0.4, 0.5) is 5.82 Å². The molecule has 8 nitrogen and oxygen atoms in total. The smallest absolute Gasteiger partial charge is 0.242 e. The van der Waals surface area contributed by atoms with E-state index in [9.17, 15) is 4.79 Å². The number of nitrogens with one attached hydrogen (secondary N) is 1. The Morgan fingerprint density at radius 2 is 1.93 bits per heavy atom. The number of aromatic nitrogens is 5. The minimum Gasteiger partial charge on any atom is -0.310 e. The average Bonchev–Trinajstić information content (AvgIpc) is 3.34. The van der Waals surface area contributed by atoms with Crippen LogP contribution in [0.2, 0.25) is 0 Å². The van der Waals surface area contributed by atoms with Crippen LogP contribution in [0.5, 0.6) is 0 Å². The number of rotatable bonds is 5. The van der Waals surface area contributed by atoms with Gasteiger partial charge in [0.25, 0.3) is 0 Å². The van der Waals surface area contributed by atoms with Gasteiger partial charge in [-0.05, 0) is 58.8 Å². The number of anilines is 1. The zero-order valence-corrected chi connectivity index (χ0v) is 16.6. The van der Waals surface area contributed by atoms with Crippen LogP contribution in [0.3, 0.4) is 0 Å². The highest BCUT2D eigenvalue weighted by molar-refractivity contribution is 5.93. The maximum Gasteiger partial charge on any atom is 0.242 e. The topological polar surface area (TPSA) is 80.3 Å². The number of piperidine rings is 1. The van der Waals surface area contributed by atoms with Crippen molar-refractivity contribution in [1.82, 2.24) is 29.3 Å². The van der Waals surface area contributed by atoms with Crippen LogP contribution in [0.1, 0.15) is 51.4 Å². The summed E-state index contributed by atoms with van der Waals surface area (Å²) in [6, 6.07) is 7.80. The molecule has 148 valence electrons. The number of pyridine rings is 1. The molecule has 4 heterocycles. The van der Waals surface area contributed by atoms with Gasteiger partial charge in [0, 0.05) is 24.2 Å². The van der Waals surface area contributed by atoms with Gasteiger partial charge in [-0.3, -0.25) is 14.1 Å². The third kappa shape index (κ3) is 3.52. The third-order valence-electron chi connectivity index (χ3n) is 5.57. The van der Waals surface area contributed by atoms with Gasteiger partial charge in [-0.25, -0.2) is 4.68 Å². The SMILES string of the molecule is CC(C(=O)Nc1ccnn1C(C)C)N1CCC(c2nnc3ccccn23)CC1. The predicted octanol–water partition coefficient (Wildman–Crippen LogP) is 2.71. The second-order valence-electron chi connectivity index (χ2n) is 7.72. The fraction of sp³-hybridized carbons (Fsp3) is 0.500. The van der Waals surface area contributed by atoms with Gasteiger partial charge < -0.3 is 5.32 Å². The van der Waals surface area contributed by atoms with E-state index in [0.29, 0.717) is 5.92 Å². The second kappa shape index (κ2) is 7.71. The fourth-order valence-electron chi connectivity index (χ4n) is 3.90. The van der Waals surface area contributed by atoms with Crippen molar-refractivity contribution in [1.29, 1.82) is 0 Å². The fourth-order valence-corrected chi connectivity index (χ4v) is 3.90. The molecule has 1 amide bonds. The maximum atomic E-state index is 12.7. The quantitative estimate of drug-likeness (QED) is 0.735. The number of hydrogen-bond donors (Lipinski definition) is 1. The Kier molecular flexibility index (Phi) is 5.13. The molecular weight excluding hydrogens is 354 g/mol. The minimum absolute atomic E-state index is 0.00813. The summed E-state index contributed by atoms with van der Waals surface area (Å²) in [5.41, 5.74) is 0.884. The van der Waals surface area contributed by atoms with E-state index in [4.69, 9.17) is 0 Å². The molecule has 1 unspecified atom stereocenters. The normalized spacial score (nSPS) is 17.3. The third-order valence-corrected chi connectivity index (χ3v) is 5.57. The van der Waals surface area contributed by atoms with Crippen molar-refractivity contribution in [3.63, 3.8) is 0 Å². The molecule has 0 bridgehead atoms. The highest BCUT2D eigenvalue weighted by Gasteiger charge is 2.29. The van der Waals surface area contributed by atoms with E-state index in [1.165, 1.54) is 0 Å². The van der Waals surface area contributed by atoms with Crippen molar-refractivity contribution < 1.29 is 4.79 Å². The zero-order chi connectivity index (χ0) is 19.7. The van der Waals surface area contributed by atoms with Crippen LogP contribution in [0.25, 0.3) is 5.65 Å². The molecule has 4 rings (SSSR count). The van der Waals surface area contributed by atoms with Crippen molar-refractivity contribution in [2.24, 2.45) is 0 Å². The van der Waals surface area contributed by atoms with Crippen LogP contribution < -0.4 is 5.32 Å². The molecule has 1 saturated heterocycles. The average molecular weight is 381 g/mol. The van der Waals surface area contributed by atoms with Gasteiger partial charge in [0.15, 0.2) is 5.65 Å². The van der Waals surface area contributed by atoms with Gasteiger partial charge in [0.2, 0.25) is 5.91 Å². The number of likely N-dealkylation sites (tertiary alicyclic amines) is 1. The Morgan fingerprint density at radius 3 is 2.68 bits per heavy atom. The minimum atomic E-state index is -0.188. The molecule has 1 N–H and O–H groups in total. The molecule has 0 saturated carbocycles. The molecule has 0 spiro atoms. The van der Waals surface area contributed by atoms with Crippen LogP contribution in [0.15, 0.2) is 36.7 Å². The Morgan fingerprint density at radius 1 is 1.14 bits per heavy atom. The van der Waals surface area contributed by atoms with Gasteiger partial charge in [-0.15, -0.1) is 10.2 Å². The molecule has 28 heavy (non-hydrogen) atoms. The Bertz CT molecular complexity index is 952. The summed E-state index contributed by atoms with van der Waals surface area (Å²) in [4.78, 5) is 15.0. The maximum absolute atomic E-state index is 12.7. The van der Waals surface area contributed by atoms with Gasteiger partial charge >= 0.3 is 0 Å². The van der Waals surface area contributed by atoms with E-state index in [-0.39, 0.29) is 18.0 Å². The van der Waals surface area contributed by atoms with Gasteiger partial charge in [0.05, 0.1) is 12.2 Å². The summed E-state index contributed by atoms with van der Waals surface area (Å²) in [6.45, 7) is 7.79. The number of nitrogens with zero attached hydrogens (tertiary/aromatic N) is 6. The first-order valence-corrected chi connectivity index (χ1v) is 9.92. The number of carbonyl (C=O) groups excluding carboxylic acids is 1. The van der Waals surface area contributed by atoms with Crippen molar-refractivity contribution >= 4 is 17.4 Å². The zero-order valence-electron chi connectivity index (χ0n) is 16.6. The summed E-state index contributed by atoms with van der Waals surface area (Å²) < 4.78 is 3.90. The van der Waals surface area contributed by atoms with Crippen molar-refractivity contribution in [2.45, 2.75) is 51.6 Å².